The van der Waals surface area contributed by atoms with Gasteiger partial charge in [0, 0.05) is 5.56 Å². The Morgan fingerprint density at radius 3 is 2.34 bits per heavy atom. The fraction of sp³-hybridized carbons (Fsp3) is 0.0909. The Morgan fingerprint density at radius 1 is 0.966 bits per heavy atom. The molecule has 0 aliphatic carbocycles. The van der Waals surface area contributed by atoms with E-state index in [-0.39, 0.29) is 5.56 Å². The van der Waals surface area contributed by atoms with E-state index >= 15 is 0 Å². The zero-order valence-corrected chi connectivity index (χ0v) is 16.2. The molecule has 3 rings (SSSR count). The molecule has 142 valence electrons. The third-order valence-electron chi connectivity index (χ3n) is 4.16. The Bertz CT molecular complexity index is 1150. The van der Waals surface area contributed by atoms with Gasteiger partial charge in [0.2, 0.25) is 0 Å². The van der Waals surface area contributed by atoms with Gasteiger partial charge in [-0.25, -0.2) is 4.79 Å². The average molecular weight is 401 g/mol. The van der Waals surface area contributed by atoms with Gasteiger partial charge in [0.25, 0.3) is 5.91 Å². The van der Waals surface area contributed by atoms with Crippen molar-refractivity contribution in [2.75, 3.05) is 5.32 Å². The molecular weight excluding hydrogens is 386 g/mol. The molecule has 1 amide bonds. The first-order chi connectivity index (χ1) is 14.0. The number of rotatable bonds is 5. The lowest BCUT2D eigenvalue weighted by molar-refractivity contribution is -0.123. The highest BCUT2D eigenvalue weighted by molar-refractivity contribution is 7.14. The van der Waals surface area contributed by atoms with Crippen molar-refractivity contribution in [1.82, 2.24) is 0 Å². The van der Waals surface area contributed by atoms with Gasteiger partial charge in [-0.2, -0.15) is 10.5 Å². The number of nitriles is 2. The monoisotopic (exact) mass is 401 g/mol. The molecule has 1 aromatic heterocycles. The number of carbonyl (C=O) groups excluding carboxylic acids is 2. The highest BCUT2D eigenvalue weighted by Gasteiger charge is 2.22. The van der Waals surface area contributed by atoms with Crippen LogP contribution in [0.15, 0.2) is 60.0 Å². The second-order valence-electron chi connectivity index (χ2n) is 6.01. The topological polar surface area (TPSA) is 103 Å². The molecule has 1 N–H and O–H groups in total. The molecule has 0 aliphatic heterocycles. The first-order valence-electron chi connectivity index (χ1n) is 8.63. The molecular formula is C22H15N3O3S. The standard InChI is InChI=1S/C22H15N3O3S/c1-14(20(26)25-21-16(13-24)10-11-29-21)28-22(27)19-9-5-4-8-18(19)17-7-3-2-6-15(17)12-23/h2-11,14H,1H3,(H,25,26)/t14-/m1/s1. The third-order valence-corrected chi connectivity index (χ3v) is 4.99. The fourth-order valence-electron chi connectivity index (χ4n) is 2.70. The molecule has 0 bridgehead atoms. The Hall–Kier alpha value is -3.94. The van der Waals surface area contributed by atoms with E-state index in [1.807, 2.05) is 6.07 Å². The summed E-state index contributed by atoms with van der Waals surface area (Å²) in [7, 11) is 0. The maximum absolute atomic E-state index is 12.7. The molecule has 1 heterocycles. The van der Waals surface area contributed by atoms with E-state index < -0.39 is 18.0 Å². The number of nitrogens with one attached hydrogen (secondary N) is 1. The number of benzene rings is 2. The van der Waals surface area contributed by atoms with Crippen LogP contribution in [0.5, 0.6) is 0 Å². The van der Waals surface area contributed by atoms with Crippen molar-refractivity contribution >= 4 is 28.2 Å². The van der Waals surface area contributed by atoms with Crippen LogP contribution >= 0.6 is 11.3 Å². The van der Waals surface area contributed by atoms with Gasteiger partial charge < -0.3 is 10.1 Å². The van der Waals surface area contributed by atoms with Crippen LogP contribution in [-0.4, -0.2) is 18.0 Å². The molecule has 2 aromatic carbocycles. The first-order valence-corrected chi connectivity index (χ1v) is 9.51. The van der Waals surface area contributed by atoms with E-state index in [2.05, 4.69) is 11.4 Å². The van der Waals surface area contributed by atoms with E-state index in [9.17, 15) is 14.9 Å². The SMILES string of the molecule is C[C@@H](OC(=O)c1ccccc1-c1ccccc1C#N)C(=O)Nc1sccc1C#N. The summed E-state index contributed by atoms with van der Waals surface area (Å²) in [6, 6.07) is 19.4. The van der Waals surface area contributed by atoms with Crippen LogP contribution in [0.1, 0.15) is 28.4 Å². The van der Waals surface area contributed by atoms with Gasteiger partial charge in [-0.15, -0.1) is 11.3 Å². The molecule has 0 aliphatic rings. The van der Waals surface area contributed by atoms with E-state index in [0.717, 1.165) is 0 Å². The highest BCUT2D eigenvalue weighted by atomic mass is 32.1. The number of hydrogen-bond donors (Lipinski definition) is 1. The summed E-state index contributed by atoms with van der Waals surface area (Å²) in [5, 5.41) is 23.1. The molecule has 3 aromatic rings. The van der Waals surface area contributed by atoms with Crippen LogP contribution < -0.4 is 5.32 Å². The van der Waals surface area contributed by atoms with E-state index in [0.29, 0.717) is 27.3 Å². The summed E-state index contributed by atoms with van der Waals surface area (Å²) in [4.78, 5) is 25.1. The predicted molar refractivity (Wildman–Crippen MR) is 109 cm³/mol. The maximum atomic E-state index is 12.7. The smallest absolute Gasteiger partial charge is 0.339 e. The number of hydrogen-bond acceptors (Lipinski definition) is 6. The van der Waals surface area contributed by atoms with Crippen LogP contribution in [-0.2, 0) is 9.53 Å². The molecule has 29 heavy (non-hydrogen) atoms. The Balaban J connectivity index is 1.80. The van der Waals surface area contributed by atoms with Gasteiger partial charge in [-0.05, 0) is 36.1 Å². The van der Waals surface area contributed by atoms with Gasteiger partial charge in [-0.3, -0.25) is 4.79 Å². The average Bonchev–Trinajstić information content (AvgIpc) is 3.20. The highest BCUT2D eigenvalue weighted by Crippen LogP contribution is 2.28. The number of nitrogens with zero attached hydrogens (tertiary/aromatic N) is 2. The van der Waals surface area contributed by atoms with E-state index in [1.54, 1.807) is 60.0 Å². The number of ether oxygens (including phenoxy) is 1. The van der Waals surface area contributed by atoms with Crippen LogP contribution in [0.4, 0.5) is 5.00 Å². The normalized spacial score (nSPS) is 11.0. The zero-order valence-electron chi connectivity index (χ0n) is 15.4. The van der Waals surface area contributed by atoms with E-state index in [4.69, 9.17) is 10.00 Å². The minimum absolute atomic E-state index is 0.253. The van der Waals surface area contributed by atoms with Gasteiger partial charge in [-0.1, -0.05) is 36.4 Å². The minimum Gasteiger partial charge on any atom is -0.449 e. The zero-order chi connectivity index (χ0) is 20.8. The largest absolute Gasteiger partial charge is 0.449 e. The van der Waals surface area contributed by atoms with Gasteiger partial charge >= 0.3 is 5.97 Å². The molecule has 1 atom stereocenters. The number of carbonyl (C=O) groups is 2. The summed E-state index contributed by atoms with van der Waals surface area (Å²) < 4.78 is 5.34. The van der Waals surface area contributed by atoms with Crippen molar-refractivity contribution in [2.45, 2.75) is 13.0 Å². The fourth-order valence-corrected chi connectivity index (χ4v) is 3.44. The van der Waals surface area contributed by atoms with E-state index in [1.165, 1.54) is 18.3 Å². The summed E-state index contributed by atoms with van der Waals surface area (Å²) in [6.07, 6.45) is -1.07. The van der Waals surface area contributed by atoms with Gasteiger partial charge in [0.15, 0.2) is 6.10 Å². The van der Waals surface area contributed by atoms with Crippen LogP contribution in [0.2, 0.25) is 0 Å². The van der Waals surface area contributed by atoms with Crippen LogP contribution in [0.25, 0.3) is 11.1 Å². The Morgan fingerprint density at radius 2 is 1.62 bits per heavy atom. The second kappa shape index (κ2) is 8.83. The van der Waals surface area contributed by atoms with Crippen molar-refractivity contribution in [2.24, 2.45) is 0 Å². The molecule has 0 saturated heterocycles. The maximum Gasteiger partial charge on any atom is 0.339 e. The quantitative estimate of drug-likeness (QED) is 0.641. The summed E-state index contributed by atoms with van der Waals surface area (Å²) in [6.45, 7) is 1.46. The summed E-state index contributed by atoms with van der Waals surface area (Å²) in [5.41, 5.74) is 2.19. The molecule has 6 nitrogen and oxygen atoms in total. The summed E-state index contributed by atoms with van der Waals surface area (Å²) in [5.74, 6) is -1.21. The molecule has 0 unspecified atom stereocenters. The number of amides is 1. The van der Waals surface area contributed by atoms with Crippen molar-refractivity contribution in [3.63, 3.8) is 0 Å². The Kier molecular flexibility index (Phi) is 6.03. The van der Waals surface area contributed by atoms with Crippen molar-refractivity contribution < 1.29 is 14.3 Å². The third kappa shape index (κ3) is 4.32. The van der Waals surface area contributed by atoms with Crippen LogP contribution in [0.3, 0.4) is 0 Å². The van der Waals surface area contributed by atoms with Crippen LogP contribution in [0, 0.1) is 22.7 Å². The molecule has 0 radical (unpaired) electrons. The van der Waals surface area contributed by atoms with Crippen molar-refractivity contribution in [3.8, 4) is 23.3 Å². The lowest BCUT2D eigenvalue weighted by Crippen LogP contribution is -2.30. The van der Waals surface area contributed by atoms with Crippen molar-refractivity contribution in [3.05, 3.63) is 76.7 Å². The molecule has 7 heteroatoms. The minimum atomic E-state index is -1.07. The number of thiophene rings is 1. The Labute approximate surface area is 171 Å². The molecule has 0 saturated carbocycles. The number of esters is 1. The van der Waals surface area contributed by atoms with Crippen molar-refractivity contribution in [1.29, 1.82) is 10.5 Å². The lowest BCUT2D eigenvalue weighted by atomic mass is 9.96. The summed E-state index contributed by atoms with van der Waals surface area (Å²) >= 11 is 1.21. The first kappa shape index (κ1) is 19.8. The number of anilines is 1. The lowest BCUT2D eigenvalue weighted by Gasteiger charge is -2.15. The predicted octanol–water partition coefficient (Wildman–Crippen LogP) is 4.34. The van der Waals surface area contributed by atoms with Gasteiger partial charge in [0.05, 0.1) is 22.8 Å². The second-order valence-corrected chi connectivity index (χ2v) is 6.93. The molecule has 0 fully saturated rings. The van der Waals surface area contributed by atoms with Gasteiger partial charge in [0.1, 0.15) is 11.1 Å². The molecule has 0 spiro atoms.